The molecule has 0 saturated carbocycles. The van der Waals surface area contributed by atoms with E-state index in [1.165, 1.54) is 18.0 Å². The van der Waals surface area contributed by atoms with Crippen LogP contribution >= 0.6 is 23.1 Å². The van der Waals surface area contributed by atoms with Gasteiger partial charge in [-0.25, -0.2) is 26.9 Å². The summed E-state index contributed by atoms with van der Waals surface area (Å²) in [6.45, 7) is 4.12. The van der Waals surface area contributed by atoms with Crippen LogP contribution in [-0.2, 0) is 9.53 Å². The van der Waals surface area contributed by atoms with Gasteiger partial charge in [0.25, 0.3) is 6.43 Å². The molecule has 2 saturated heterocycles. The topological polar surface area (TPSA) is 157 Å². The van der Waals surface area contributed by atoms with Crippen molar-refractivity contribution >= 4 is 60.9 Å². The molecule has 18 heteroatoms. The average molecular weight is 777 g/mol. The lowest BCUT2D eigenvalue weighted by molar-refractivity contribution is -0.146. The molecular weight excluding hydrogens is 740 g/mol. The second kappa shape index (κ2) is 14.3. The van der Waals surface area contributed by atoms with Crippen molar-refractivity contribution in [3.05, 3.63) is 29.3 Å². The van der Waals surface area contributed by atoms with Crippen molar-refractivity contribution in [2.45, 2.75) is 80.0 Å². The normalized spacial score (nSPS) is 23.7. The SMILES string of the molecule is CC(C)C(N)C(=O)OCC1CC(C(F)F)N(C)c2nc(OC[C@@]34CCCN3C[C@H](F)C4)nc3c(F)c(-c4ccc(F)c5sc(N)c(C#N)c45)nc(c23)S1. The molecular formula is C35H37F5N8O3S2. The van der Waals surface area contributed by atoms with Crippen LogP contribution in [0.15, 0.2) is 17.2 Å². The highest BCUT2D eigenvalue weighted by molar-refractivity contribution is 8.00. The van der Waals surface area contributed by atoms with Crippen LogP contribution < -0.4 is 21.1 Å². The predicted molar refractivity (Wildman–Crippen MR) is 192 cm³/mol. The third-order valence-electron chi connectivity index (χ3n) is 10.4. The van der Waals surface area contributed by atoms with Crippen LogP contribution in [0, 0.1) is 28.9 Å². The van der Waals surface area contributed by atoms with Gasteiger partial charge >= 0.3 is 12.0 Å². The molecule has 1 aromatic carbocycles. The number of ether oxygens (including phenoxy) is 2. The number of carbonyl (C=O) groups is 1. The van der Waals surface area contributed by atoms with Crippen LogP contribution in [0.3, 0.4) is 0 Å². The Hall–Kier alpha value is -4.05. The number of esters is 1. The summed E-state index contributed by atoms with van der Waals surface area (Å²) in [4.78, 5) is 29.6. The van der Waals surface area contributed by atoms with Gasteiger partial charge in [0, 0.05) is 36.2 Å². The van der Waals surface area contributed by atoms with Gasteiger partial charge in [-0.15, -0.1) is 11.3 Å². The molecule has 53 heavy (non-hydrogen) atoms. The molecule has 6 heterocycles. The number of anilines is 2. The van der Waals surface area contributed by atoms with Crippen LogP contribution in [0.25, 0.3) is 32.2 Å². The molecule has 0 bridgehead atoms. The summed E-state index contributed by atoms with van der Waals surface area (Å²) in [6.07, 6.45) is -2.41. The summed E-state index contributed by atoms with van der Waals surface area (Å²) in [5, 5.41) is 9.34. The minimum atomic E-state index is -2.91. The number of thioether (sulfide) groups is 1. The number of hydrogen-bond acceptors (Lipinski definition) is 13. The molecule has 0 spiro atoms. The van der Waals surface area contributed by atoms with Crippen LogP contribution in [0.4, 0.5) is 32.8 Å². The largest absolute Gasteiger partial charge is 0.463 e. The van der Waals surface area contributed by atoms with E-state index in [1.807, 2.05) is 11.0 Å². The molecule has 3 aromatic heterocycles. The third kappa shape index (κ3) is 6.59. The van der Waals surface area contributed by atoms with E-state index >= 15 is 8.78 Å². The van der Waals surface area contributed by atoms with E-state index in [9.17, 15) is 23.2 Å². The lowest BCUT2D eigenvalue weighted by Crippen LogP contribution is -2.44. The number of nitriles is 1. The van der Waals surface area contributed by atoms with Crippen LogP contribution in [0.5, 0.6) is 6.01 Å². The highest BCUT2D eigenvalue weighted by atomic mass is 32.2. The Morgan fingerprint density at radius 3 is 2.70 bits per heavy atom. The van der Waals surface area contributed by atoms with Crippen LogP contribution in [0.1, 0.15) is 45.1 Å². The number of nitrogen functional groups attached to an aromatic ring is 1. The number of rotatable bonds is 9. The molecule has 0 aliphatic carbocycles. The second-order valence-electron chi connectivity index (χ2n) is 14.1. The van der Waals surface area contributed by atoms with Crippen molar-refractivity contribution in [3.8, 4) is 23.3 Å². The highest BCUT2D eigenvalue weighted by Gasteiger charge is 2.49. The maximum atomic E-state index is 17.1. The Bertz CT molecular complexity index is 2130. The van der Waals surface area contributed by atoms with Gasteiger partial charge in [0.05, 0.1) is 27.2 Å². The van der Waals surface area contributed by atoms with Crippen LogP contribution in [-0.4, -0.2) is 94.6 Å². The maximum Gasteiger partial charge on any atom is 0.323 e. The number of nitrogens with zero attached hydrogens (tertiary/aromatic N) is 6. The molecule has 4 aromatic rings. The number of halogens is 5. The van der Waals surface area contributed by atoms with Crippen LogP contribution in [0.2, 0.25) is 0 Å². The lowest BCUT2D eigenvalue weighted by Gasteiger charge is -2.35. The van der Waals surface area contributed by atoms with Gasteiger partial charge in [0.2, 0.25) is 0 Å². The quantitative estimate of drug-likeness (QED) is 0.150. The number of alkyl halides is 3. The first-order valence-corrected chi connectivity index (χ1v) is 18.9. The molecule has 3 aliphatic heterocycles. The molecule has 0 radical (unpaired) electrons. The summed E-state index contributed by atoms with van der Waals surface area (Å²) in [5.74, 6) is -2.70. The van der Waals surface area contributed by atoms with E-state index in [4.69, 9.17) is 20.9 Å². The van der Waals surface area contributed by atoms with Crippen molar-refractivity contribution in [1.29, 1.82) is 5.26 Å². The van der Waals surface area contributed by atoms with Gasteiger partial charge in [-0.2, -0.15) is 15.2 Å². The summed E-state index contributed by atoms with van der Waals surface area (Å²) in [5.41, 5.74) is 10.8. The number of hydrogen-bond donors (Lipinski definition) is 2. The first-order chi connectivity index (χ1) is 25.2. The van der Waals surface area contributed by atoms with E-state index in [1.54, 1.807) is 13.8 Å². The third-order valence-corrected chi connectivity index (χ3v) is 12.6. The molecule has 7 rings (SSSR count). The number of thiophene rings is 1. The standard InChI is InChI=1S/C35H37F5N8O3S2/c1-15(2)25(42)33(49)50-13-17-9-21(29(39)40)47(3)31-23-27(45-34(46-31)51-14-35-7-4-8-48(35)12-16(36)10-35)24(38)26(44-32(23)52-17)18-5-6-20(37)28-22(18)19(11-41)30(43)53-28/h5-6,15-17,21,25,29H,4,7-10,12-14,42-43H2,1-3H3/t16-,17?,21?,25?,35+/m1/s1. The van der Waals surface area contributed by atoms with Gasteiger partial charge in [0.1, 0.15) is 64.4 Å². The average Bonchev–Trinajstić information content (AvgIpc) is 3.77. The van der Waals surface area contributed by atoms with Crippen molar-refractivity contribution in [3.63, 3.8) is 0 Å². The number of nitrogens with two attached hydrogens (primary N) is 2. The van der Waals surface area contributed by atoms with E-state index in [-0.39, 0.29) is 98.2 Å². The summed E-state index contributed by atoms with van der Waals surface area (Å²) >= 11 is 1.81. The molecule has 11 nitrogen and oxygen atoms in total. The first-order valence-electron chi connectivity index (χ1n) is 17.2. The fourth-order valence-corrected chi connectivity index (χ4v) is 9.68. The van der Waals surface area contributed by atoms with Gasteiger partial charge in [-0.05, 0) is 43.9 Å². The zero-order valence-corrected chi connectivity index (χ0v) is 30.7. The molecule has 5 atom stereocenters. The van der Waals surface area contributed by atoms with Crippen molar-refractivity contribution in [2.24, 2.45) is 11.7 Å². The lowest BCUT2D eigenvalue weighted by atomic mass is 9.95. The Labute approximate surface area is 309 Å². The second-order valence-corrected chi connectivity index (χ2v) is 16.5. The fraction of sp³-hybridized carbons (Fsp3) is 0.514. The number of fused-ring (bicyclic) bond motifs is 2. The number of carbonyl (C=O) groups excluding carboxylic acids is 1. The highest BCUT2D eigenvalue weighted by Crippen LogP contribution is 2.47. The molecule has 0 amide bonds. The van der Waals surface area contributed by atoms with Crippen molar-refractivity contribution < 1.29 is 36.2 Å². The Morgan fingerprint density at radius 1 is 1.21 bits per heavy atom. The van der Waals surface area contributed by atoms with E-state index in [0.29, 0.717) is 13.0 Å². The van der Waals surface area contributed by atoms with Gasteiger partial charge in [-0.3, -0.25) is 9.69 Å². The Kier molecular flexibility index (Phi) is 10.1. The fourth-order valence-electron chi connectivity index (χ4n) is 7.54. The minimum absolute atomic E-state index is 0.000646. The summed E-state index contributed by atoms with van der Waals surface area (Å²) in [6, 6.07) is 1.66. The minimum Gasteiger partial charge on any atom is -0.463 e. The zero-order chi connectivity index (χ0) is 37.9. The molecule has 3 unspecified atom stereocenters. The predicted octanol–water partition coefficient (Wildman–Crippen LogP) is 6.05. The Balaban J connectivity index is 1.41. The molecule has 3 aliphatic rings. The number of pyridine rings is 1. The van der Waals surface area contributed by atoms with E-state index in [0.717, 1.165) is 35.6 Å². The van der Waals surface area contributed by atoms with Crippen molar-refractivity contribution in [2.75, 3.05) is 44.0 Å². The van der Waals surface area contributed by atoms with Gasteiger partial charge in [-0.1, -0.05) is 25.6 Å². The monoisotopic (exact) mass is 776 g/mol. The molecule has 2 fully saturated rings. The first kappa shape index (κ1) is 37.3. The van der Waals surface area contributed by atoms with Gasteiger partial charge < -0.3 is 25.8 Å². The van der Waals surface area contributed by atoms with E-state index in [2.05, 4.69) is 15.0 Å². The maximum absolute atomic E-state index is 17.1. The van der Waals surface area contributed by atoms with E-state index < -0.39 is 53.1 Å². The van der Waals surface area contributed by atoms with Gasteiger partial charge in [0.15, 0.2) is 5.82 Å². The van der Waals surface area contributed by atoms with Crippen molar-refractivity contribution in [1.82, 2.24) is 19.9 Å². The summed E-state index contributed by atoms with van der Waals surface area (Å²) in [7, 11) is 1.39. The number of benzene rings is 1. The zero-order valence-electron chi connectivity index (χ0n) is 29.0. The number of aromatic nitrogens is 3. The summed E-state index contributed by atoms with van der Waals surface area (Å²) < 4.78 is 88.1. The smallest absolute Gasteiger partial charge is 0.323 e. The molecule has 4 N–H and O–H groups in total. The molecule has 282 valence electrons. The Morgan fingerprint density at radius 2 is 1.98 bits per heavy atom.